The van der Waals surface area contributed by atoms with E-state index in [4.69, 9.17) is 9.47 Å². The first-order chi connectivity index (χ1) is 12.4. The van der Waals surface area contributed by atoms with Crippen molar-refractivity contribution in [1.29, 1.82) is 0 Å². The van der Waals surface area contributed by atoms with Gasteiger partial charge in [0.05, 0.1) is 31.7 Å². The van der Waals surface area contributed by atoms with Crippen LogP contribution >= 0.6 is 0 Å². The zero-order valence-corrected chi connectivity index (χ0v) is 15.5. The summed E-state index contributed by atoms with van der Waals surface area (Å²) in [4.78, 5) is 25.0. The van der Waals surface area contributed by atoms with Crippen molar-refractivity contribution in [2.24, 2.45) is 23.7 Å². The van der Waals surface area contributed by atoms with E-state index >= 15 is 0 Å². The SMILES string of the molecule is COc1ccc(OC)c(NC(=O)[C@H]2[C@@H](C(=O)O)[C@@H]3CC[C@H]2C3=C(C)C)c1. The Morgan fingerprint density at radius 1 is 1.08 bits per heavy atom. The van der Waals surface area contributed by atoms with E-state index in [0.717, 1.165) is 24.0 Å². The molecule has 0 radical (unpaired) electrons. The van der Waals surface area contributed by atoms with Crippen molar-refractivity contribution in [3.8, 4) is 11.5 Å². The number of hydrogen-bond donors (Lipinski definition) is 2. The van der Waals surface area contributed by atoms with Crippen LogP contribution in [0.25, 0.3) is 0 Å². The van der Waals surface area contributed by atoms with Crippen molar-refractivity contribution in [2.75, 3.05) is 19.5 Å². The fourth-order valence-electron chi connectivity index (χ4n) is 4.73. The fourth-order valence-corrected chi connectivity index (χ4v) is 4.73. The molecule has 0 aromatic heterocycles. The second-order valence-electron chi connectivity index (χ2n) is 7.19. The van der Waals surface area contributed by atoms with Gasteiger partial charge in [0.1, 0.15) is 11.5 Å². The molecule has 0 aliphatic heterocycles. The van der Waals surface area contributed by atoms with Crippen molar-refractivity contribution in [2.45, 2.75) is 26.7 Å². The number of carboxylic acids is 1. The van der Waals surface area contributed by atoms with Gasteiger partial charge in [-0.1, -0.05) is 11.1 Å². The first-order valence-corrected chi connectivity index (χ1v) is 8.82. The molecule has 6 nitrogen and oxygen atoms in total. The fraction of sp³-hybridized carbons (Fsp3) is 0.500. The normalized spacial score (nSPS) is 26.5. The van der Waals surface area contributed by atoms with E-state index in [9.17, 15) is 14.7 Å². The van der Waals surface area contributed by atoms with Gasteiger partial charge >= 0.3 is 5.97 Å². The minimum atomic E-state index is -0.895. The molecule has 2 N–H and O–H groups in total. The van der Waals surface area contributed by atoms with Crippen LogP contribution in [-0.4, -0.2) is 31.2 Å². The van der Waals surface area contributed by atoms with Crippen LogP contribution in [0.2, 0.25) is 0 Å². The van der Waals surface area contributed by atoms with Gasteiger partial charge < -0.3 is 19.9 Å². The molecule has 4 atom stereocenters. The molecule has 2 saturated carbocycles. The number of aliphatic carboxylic acids is 1. The van der Waals surface area contributed by atoms with Gasteiger partial charge in [0.2, 0.25) is 5.91 Å². The second kappa shape index (κ2) is 7.02. The zero-order valence-electron chi connectivity index (χ0n) is 15.5. The minimum Gasteiger partial charge on any atom is -0.497 e. The van der Waals surface area contributed by atoms with Gasteiger partial charge in [0.15, 0.2) is 0 Å². The number of anilines is 1. The van der Waals surface area contributed by atoms with Crippen LogP contribution in [0, 0.1) is 23.7 Å². The third kappa shape index (κ3) is 2.93. The largest absolute Gasteiger partial charge is 0.497 e. The predicted molar refractivity (Wildman–Crippen MR) is 97.4 cm³/mol. The molecular weight excluding hydrogens is 334 g/mol. The summed E-state index contributed by atoms with van der Waals surface area (Å²) in [6.45, 7) is 4.01. The summed E-state index contributed by atoms with van der Waals surface area (Å²) in [6.07, 6.45) is 1.71. The van der Waals surface area contributed by atoms with Gasteiger partial charge in [-0.25, -0.2) is 0 Å². The van der Waals surface area contributed by atoms with Gasteiger partial charge in [0.25, 0.3) is 0 Å². The number of hydrogen-bond acceptors (Lipinski definition) is 4. The Morgan fingerprint density at radius 3 is 2.27 bits per heavy atom. The van der Waals surface area contributed by atoms with Crippen LogP contribution in [0.3, 0.4) is 0 Å². The molecule has 26 heavy (non-hydrogen) atoms. The Morgan fingerprint density at radius 2 is 1.73 bits per heavy atom. The lowest BCUT2D eigenvalue weighted by molar-refractivity contribution is -0.148. The lowest BCUT2D eigenvalue weighted by atomic mass is 9.78. The van der Waals surface area contributed by atoms with Gasteiger partial charge in [-0.05, 0) is 50.7 Å². The molecule has 1 amide bonds. The van der Waals surface area contributed by atoms with Crippen LogP contribution in [0.1, 0.15) is 26.7 Å². The number of benzene rings is 1. The minimum absolute atomic E-state index is 0.00250. The first kappa shape index (κ1) is 18.3. The van der Waals surface area contributed by atoms with Crippen molar-refractivity contribution < 1.29 is 24.2 Å². The Hall–Kier alpha value is -2.50. The van der Waals surface area contributed by atoms with E-state index in [1.807, 2.05) is 13.8 Å². The van der Waals surface area contributed by atoms with E-state index in [1.165, 1.54) is 7.11 Å². The van der Waals surface area contributed by atoms with Gasteiger partial charge in [-0.2, -0.15) is 0 Å². The van der Waals surface area contributed by atoms with Crippen LogP contribution in [0.4, 0.5) is 5.69 Å². The molecule has 0 spiro atoms. The molecule has 2 aliphatic carbocycles. The van der Waals surface area contributed by atoms with E-state index in [-0.39, 0.29) is 17.7 Å². The standard InChI is InChI=1S/C20H25NO5/c1-10(2)16-12-6-7-13(16)18(20(23)24)17(12)19(22)21-14-9-11(25-3)5-8-15(14)26-4/h5,8-9,12-13,17-18H,6-7H2,1-4H3,(H,21,22)(H,23,24)/t12-,13+,17+,18-/m0/s1. The highest BCUT2D eigenvalue weighted by Gasteiger charge is 2.57. The van der Waals surface area contributed by atoms with Crippen LogP contribution in [0.5, 0.6) is 11.5 Å². The highest BCUT2D eigenvalue weighted by molar-refractivity contribution is 5.98. The quantitative estimate of drug-likeness (QED) is 0.788. The molecule has 140 valence electrons. The Kier molecular flexibility index (Phi) is 4.94. The Balaban J connectivity index is 1.92. The summed E-state index contributed by atoms with van der Waals surface area (Å²) in [6, 6.07) is 5.14. The number of ether oxygens (including phenoxy) is 2. The molecule has 2 bridgehead atoms. The predicted octanol–water partition coefficient (Wildman–Crippen LogP) is 3.34. The average Bonchev–Trinajstić information content (AvgIpc) is 3.17. The number of amides is 1. The van der Waals surface area contributed by atoms with Crippen LogP contribution < -0.4 is 14.8 Å². The zero-order chi connectivity index (χ0) is 19.0. The number of carbonyl (C=O) groups is 2. The summed E-state index contributed by atoms with van der Waals surface area (Å²) < 4.78 is 10.5. The lowest BCUT2D eigenvalue weighted by Gasteiger charge is -2.26. The maximum atomic E-state index is 13.1. The number of carbonyl (C=O) groups excluding carboxylic acids is 1. The number of fused-ring (bicyclic) bond motifs is 2. The number of methoxy groups -OCH3 is 2. The lowest BCUT2D eigenvalue weighted by Crippen LogP contribution is -2.37. The highest BCUT2D eigenvalue weighted by atomic mass is 16.5. The van der Waals surface area contributed by atoms with Gasteiger partial charge in [-0.15, -0.1) is 0 Å². The Bertz CT molecular complexity index is 765. The smallest absolute Gasteiger partial charge is 0.307 e. The molecule has 2 aliphatic rings. The summed E-state index contributed by atoms with van der Waals surface area (Å²) >= 11 is 0. The van der Waals surface area contributed by atoms with E-state index in [2.05, 4.69) is 5.32 Å². The van der Waals surface area contributed by atoms with E-state index in [0.29, 0.717) is 17.2 Å². The maximum absolute atomic E-state index is 13.1. The van der Waals surface area contributed by atoms with Crippen molar-refractivity contribution >= 4 is 17.6 Å². The summed E-state index contributed by atoms with van der Waals surface area (Å²) in [5.41, 5.74) is 2.79. The maximum Gasteiger partial charge on any atom is 0.307 e. The number of allylic oxidation sites excluding steroid dienone is 2. The molecule has 2 fully saturated rings. The van der Waals surface area contributed by atoms with Crippen molar-refractivity contribution in [3.05, 3.63) is 29.3 Å². The Labute approximate surface area is 153 Å². The third-order valence-electron chi connectivity index (χ3n) is 5.67. The van der Waals surface area contributed by atoms with Gasteiger partial charge in [0, 0.05) is 6.07 Å². The van der Waals surface area contributed by atoms with Crippen LogP contribution in [0.15, 0.2) is 29.3 Å². The molecule has 3 rings (SSSR count). The molecule has 1 aromatic rings. The molecular formula is C20H25NO5. The summed E-state index contributed by atoms with van der Waals surface area (Å²) in [7, 11) is 3.07. The number of carboxylic acid groups (broad SMARTS) is 1. The molecule has 0 heterocycles. The topological polar surface area (TPSA) is 84.9 Å². The van der Waals surface area contributed by atoms with E-state index in [1.54, 1.807) is 25.3 Å². The summed E-state index contributed by atoms with van der Waals surface area (Å²) in [5, 5.41) is 12.6. The average molecular weight is 359 g/mol. The van der Waals surface area contributed by atoms with E-state index < -0.39 is 17.8 Å². The second-order valence-corrected chi connectivity index (χ2v) is 7.19. The van der Waals surface area contributed by atoms with Gasteiger partial charge in [-0.3, -0.25) is 9.59 Å². The van der Waals surface area contributed by atoms with Crippen molar-refractivity contribution in [1.82, 2.24) is 0 Å². The molecule has 6 heteroatoms. The van der Waals surface area contributed by atoms with Crippen LogP contribution in [-0.2, 0) is 9.59 Å². The molecule has 1 aromatic carbocycles. The number of nitrogens with one attached hydrogen (secondary N) is 1. The highest BCUT2D eigenvalue weighted by Crippen LogP contribution is 2.57. The third-order valence-corrected chi connectivity index (χ3v) is 5.67. The monoisotopic (exact) mass is 359 g/mol. The molecule has 0 saturated heterocycles. The number of rotatable bonds is 5. The summed E-state index contributed by atoms with van der Waals surface area (Å²) in [5.74, 6) is -1.33. The van der Waals surface area contributed by atoms with Crippen molar-refractivity contribution in [3.63, 3.8) is 0 Å². The molecule has 0 unspecified atom stereocenters. The first-order valence-electron chi connectivity index (χ1n) is 8.82.